The number of hydrogen-bond donors (Lipinski definition) is 0. The smallest absolute Gasteiger partial charge is 0.302 e. The second-order valence-corrected chi connectivity index (χ2v) is 9.71. The van der Waals surface area contributed by atoms with Gasteiger partial charge in [0.15, 0.2) is 0 Å². The molecule has 0 aromatic rings. The average Bonchev–Trinajstić information content (AvgIpc) is 2.88. The van der Waals surface area contributed by atoms with Crippen molar-refractivity contribution in [1.82, 2.24) is 0 Å². The van der Waals surface area contributed by atoms with Crippen LogP contribution in [0.5, 0.6) is 0 Å². The molecule has 23 heavy (non-hydrogen) atoms. The van der Waals surface area contributed by atoms with Gasteiger partial charge >= 0.3 is 5.97 Å². The summed E-state index contributed by atoms with van der Waals surface area (Å²) in [7, 11) is 0. The van der Waals surface area contributed by atoms with Crippen molar-refractivity contribution in [3.8, 4) is 0 Å². The molecule has 4 rings (SSSR count). The fraction of sp³-hybridized carbons (Fsp3) is 0.952. The maximum absolute atomic E-state index is 11.8. The number of rotatable bonds is 1. The topological polar surface area (TPSA) is 26.3 Å². The van der Waals surface area contributed by atoms with Crippen molar-refractivity contribution in [2.75, 3.05) is 0 Å². The van der Waals surface area contributed by atoms with Gasteiger partial charge in [0.2, 0.25) is 0 Å². The molecule has 0 aromatic carbocycles. The first-order chi connectivity index (χ1) is 10.9. The minimum atomic E-state index is -0.0570. The molecule has 0 heterocycles. The minimum absolute atomic E-state index is 0.0570. The van der Waals surface area contributed by atoms with E-state index in [1.54, 1.807) is 6.92 Å². The van der Waals surface area contributed by atoms with Gasteiger partial charge in [0, 0.05) is 12.8 Å². The van der Waals surface area contributed by atoms with E-state index in [0.717, 1.165) is 24.2 Å². The zero-order valence-corrected chi connectivity index (χ0v) is 15.3. The molecule has 0 bridgehead atoms. The van der Waals surface area contributed by atoms with Crippen LogP contribution >= 0.6 is 0 Å². The fourth-order valence-corrected chi connectivity index (χ4v) is 7.56. The molecule has 0 saturated heterocycles. The van der Waals surface area contributed by atoms with Crippen LogP contribution in [-0.2, 0) is 9.53 Å². The van der Waals surface area contributed by atoms with Gasteiger partial charge in [-0.25, -0.2) is 0 Å². The Morgan fingerprint density at radius 1 is 0.957 bits per heavy atom. The van der Waals surface area contributed by atoms with Gasteiger partial charge in [-0.2, -0.15) is 0 Å². The first-order valence-electron chi connectivity index (χ1n) is 10.1. The van der Waals surface area contributed by atoms with Gasteiger partial charge in [-0.3, -0.25) is 4.79 Å². The first kappa shape index (κ1) is 16.0. The average molecular weight is 319 g/mol. The van der Waals surface area contributed by atoms with E-state index in [1.165, 1.54) is 57.8 Å². The lowest BCUT2D eigenvalue weighted by Gasteiger charge is -2.61. The molecule has 4 aliphatic carbocycles. The quantitative estimate of drug-likeness (QED) is 0.609. The molecule has 4 saturated carbocycles. The standard InChI is InChI=1S/C21H34O2/c1-14(22)23-18-13-15-7-4-5-11-21(15,3)17-9-12-20(2)10-6-8-16(20)19(17)18/h15-19H,4-13H2,1-3H3. The Bertz CT molecular complexity index is 486. The normalized spacial score (nSPS) is 52.2. The van der Waals surface area contributed by atoms with Crippen LogP contribution in [-0.4, -0.2) is 12.1 Å². The van der Waals surface area contributed by atoms with Gasteiger partial charge in [-0.1, -0.05) is 33.1 Å². The summed E-state index contributed by atoms with van der Waals surface area (Å²) in [6.07, 6.45) is 13.9. The van der Waals surface area contributed by atoms with Crippen molar-refractivity contribution in [3.63, 3.8) is 0 Å². The monoisotopic (exact) mass is 318 g/mol. The number of fused-ring (bicyclic) bond motifs is 5. The van der Waals surface area contributed by atoms with Crippen LogP contribution in [0.4, 0.5) is 0 Å². The molecule has 2 nitrogen and oxygen atoms in total. The minimum Gasteiger partial charge on any atom is -0.462 e. The highest BCUT2D eigenvalue weighted by molar-refractivity contribution is 5.66. The molecule has 130 valence electrons. The molecule has 0 aliphatic heterocycles. The Morgan fingerprint density at radius 2 is 1.78 bits per heavy atom. The van der Waals surface area contributed by atoms with Crippen LogP contribution in [0.3, 0.4) is 0 Å². The van der Waals surface area contributed by atoms with Crippen molar-refractivity contribution in [2.24, 2.45) is 34.5 Å². The highest BCUT2D eigenvalue weighted by Gasteiger charge is 2.60. The Hall–Kier alpha value is -0.530. The van der Waals surface area contributed by atoms with Crippen LogP contribution in [0.15, 0.2) is 0 Å². The molecule has 0 radical (unpaired) electrons. The fourth-order valence-electron chi connectivity index (χ4n) is 7.56. The second-order valence-electron chi connectivity index (χ2n) is 9.71. The third-order valence-corrected chi connectivity index (χ3v) is 8.68. The summed E-state index contributed by atoms with van der Waals surface area (Å²) in [6.45, 7) is 6.73. The second kappa shape index (κ2) is 5.49. The van der Waals surface area contributed by atoms with Gasteiger partial charge in [0.25, 0.3) is 0 Å². The molecule has 7 atom stereocenters. The van der Waals surface area contributed by atoms with E-state index in [0.29, 0.717) is 16.7 Å². The van der Waals surface area contributed by atoms with E-state index in [9.17, 15) is 4.79 Å². The molecule has 0 spiro atoms. The van der Waals surface area contributed by atoms with Gasteiger partial charge in [0.1, 0.15) is 6.10 Å². The summed E-state index contributed by atoms with van der Waals surface area (Å²) >= 11 is 0. The zero-order chi connectivity index (χ0) is 16.2. The molecule has 4 fully saturated rings. The molecule has 0 N–H and O–H groups in total. The molecule has 0 amide bonds. The SMILES string of the molecule is CC(=O)OC1CC2CCCCC2(C)C2CCC3(C)CCCC3C12. The van der Waals surface area contributed by atoms with Crippen molar-refractivity contribution in [3.05, 3.63) is 0 Å². The summed E-state index contributed by atoms with van der Waals surface area (Å²) in [4.78, 5) is 11.8. The third kappa shape index (κ3) is 2.38. The van der Waals surface area contributed by atoms with E-state index in [4.69, 9.17) is 4.74 Å². The van der Waals surface area contributed by atoms with Crippen molar-refractivity contribution < 1.29 is 9.53 Å². The third-order valence-electron chi connectivity index (χ3n) is 8.68. The summed E-state index contributed by atoms with van der Waals surface area (Å²) < 4.78 is 5.97. The molecular formula is C21H34O2. The van der Waals surface area contributed by atoms with Crippen LogP contribution < -0.4 is 0 Å². The van der Waals surface area contributed by atoms with Gasteiger partial charge < -0.3 is 4.74 Å². The van der Waals surface area contributed by atoms with Crippen molar-refractivity contribution >= 4 is 5.97 Å². The van der Waals surface area contributed by atoms with E-state index >= 15 is 0 Å². The summed E-state index contributed by atoms with van der Waals surface area (Å²) in [5.41, 5.74) is 1.04. The molecule has 7 unspecified atom stereocenters. The highest BCUT2D eigenvalue weighted by atomic mass is 16.5. The molecule has 0 aromatic heterocycles. The lowest BCUT2D eigenvalue weighted by molar-refractivity contribution is -0.185. The number of ether oxygens (including phenoxy) is 1. The Balaban J connectivity index is 1.70. The van der Waals surface area contributed by atoms with Crippen molar-refractivity contribution in [2.45, 2.75) is 91.1 Å². The van der Waals surface area contributed by atoms with Crippen LogP contribution in [0, 0.1) is 34.5 Å². The number of carbonyl (C=O) groups is 1. The van der Waals surface area contributed by atoms with Gasteiger partial charge in [0.05, 0.1) is 0 Å². The Labute approximate surface area is 141 Å². The number of hydrogen-bond acceptors (Lipinski definition) is 2. The summed E-state index contributed by atoms with van der Waals surface area (Å²) in [6, 6.07) is 0. The Kier molecular flexibility index (Phi) is 3.81. The van der Waals surface area contributed by atoms with Gasteiger partial charge in [-0.15, -0.1) is 0 Å². The predicted octanol–water partition coefficient (Wildman–Crippen LogP) is 5.35. The lowest BCUT2D eigenvalue weighted by Crippen LogP contribution is -2.57. The molecule has 4 aliphatic rings. The van der Waals surface area contributed by atoms with Gasteiger partial charge in [-0.05, 0) is 73.5 Å². The maximum atomic E-state index is 11.8. The van der Waals surface area contributed by atoms with E-state index < -0.39 is 0 Å². The first-order valence-corrected chi connectivity index (χ1v) is 10.1. The zero-order valence-electron chi connectivity index (χ0n) is 15.3. The summed E-state index contributed by atoms with van der Waals surface area (Å²) in [5.74, 6) is 2.96. The van der Waals surface area contributed by atoms with E-state index in [-0.39, 0.29) is 12.1 Å². The lowest BCUT2D eigenvalue weighted by atomic mass is 9.44. The van der Waals surface area contributed by atoms with Crippen LogP contribution in [0.1, 0.15) is 85.0 Å². The highest BCUT2D eigenvalue weighted by Crippen LogP contribution is 2.66. The van der Waals surface area contributed by atoms with Crippen LogP contribution in [0.2, 0.25) is 0 Å². The molecule has 2 heteroatoms. The number of esters is 1. The van der Waals surface area contributed by atoms with Crippen molar-refractivity contribution in [1.29, 1.82) is 0 Å². The largest absolute Gasteiger partial charge is 0.462 e. The maximum Gasteiger partial charge on any atom is 0.302 e. The van der Waals surface area contributed by atoms with E-state index in [1.807, 2.05) is 0 Å². The predicted molar refractivity (Wildman–Crippen MR) is 91.9 cm³/mol. The summed E-state index contributed by atoms with van der Waals surface area (Å²) in [5, 5.41) is 0. The molecular weight excluding hydrogens is 284 g/mol. The van der Waals surface area contributed by atoms with E-state index in [2.05, 4.69) is 13.8 Å². The Morgan fingerprint density at radius 3 is 2.57 bits per heavy atom. The van der Waals surface area contributed by atoms with Crippen LogP contribution in [0.25, 0.3) is 0 Å². The number of carbonyl (C=O) groups excluding carboxylic acids is 1.